The lowest BCUT2D eigenvalue weighted by Crippen LogP contribution is -2.57. The van der Waals surface area contributed by atoms with Crippen LogP contribution in [-0.4, -0.2) is 22.8 Å². The predicted octanol–water partition coefficient (Wildman–Crippen LogP) is 2.44. The zero-order chi connectivity index (χ0) is 13.1. The normalized spacial score (nSPS) is 51.6. The molecular formula is C15H22O3. The van der Waals surface area contributed by atoms with Gasteiger partial charge < -0.3 is 9.84 Å². The Morgan fingerprint density at radius 2 is 2.06 bits per heavy atom. The van der Waals surface area contributed by atoms with Crippen molar-refractivity contribution in [3.8, 4) is 0 Å². The van der Waals surface area contributed by atoms with Crippen molar-refractivity contribution in [3.05, 3.63) is 12.2 Å². The van der Waals surface area contributed by atoms with Gasteiger partial charge in [-0.2, -0.15) is 0 Å². The fourth-order valence-corrected chi connectivity index (χ4v) is 4.70. The number of rotatable bonds is 0. The molecule has 2 aliphatic carbocycles. The number of carbonyl (C=O) groups excluding carboxylic acids is 1. The van der Waals surface area contributed by atoms with Crippen LogP contribution in [0.5, 0.6) is 0 Å². The zero-order valence-corrected chi connectivity index (χ0v) is 11.2. The van der Waals surface area contributed by atoms with Gasteiger partial charge in [-0.3, -0.25) is 0 Å². The third kappa shape index (κ3) is 1.49. The number of esters is 1. The highest BCUT2D eigenvalue weighted by atomic mass is 16.6. The summed E-state index contributed by atoms with van der Waals surface area (Å²) in [6.45, 7) is 8.03. The molecule has 1 N–H and O–H groups in total. The third-order valence-corrected chi connectivity index (χ3v) is 5.56. The van der Waals surface area contributed by atoms with Crippen molar-refractivity contribution in [1.29, 1.82) is 0 Å². The first-order valence-electron chi connectivity index (χ1n) is 6.97. The maximum absolute atomic E-state index is 11.7. The zero-order valence-electron chi connectivity index (χ0n) is 11.2. The van der Waals surface area contributed by atoms with E-state index >= 15 is 0 Å². The fraction of sp³-hybridized carbons (Fsp3) is 0.800. The van der Waals surface area contributed by atoms with Crippen molar-refractivity contribution in [2.45, 2.75) is 57.7 Å². The van der Waals surface area contributed by atoms with Crippen LogP contribution in [0.1, 0.15) is 46.0 Å². The molecule has 100 valence electrons. The van der Waals surface area contributed by atoms with Crippen LogP contribution < -0.4 is 0 Å². The van der Waals surface area contributed by atoms with E-state index in [4.69, 9.17) is 4.74 Å². The second-order valence-corrected chi connectivity index (χ2v) is 6.88. The summed E-state index contributed by atoms with van der Waals surface area (Å²) < 4.78 is 5.55. The molecule has 0 bridgehead atoms. The highest BCUT2D eigenvalue weighted by molar-refractivity contribution is 5.90. The Balaban J connectivity index is 2.00. The third-order valence-electron chi connectivity index (χ3n) is 5.56. The van der Waals surface area contributed by atoms with Crippen molar-refractivity contribution < 1.29 is 14.6 Å². The summed E-state index contributed by atoms with van der Waals surface area (Å²) in [5.41, 5.74) is -0.00174. The number of hydrogen-bond acceptors (Lipinski definition) is 3. The maximum Gasteiger partial charge on any atom is 0.334 e. The molecule has 0 unspecified atom stereocenters. The molecule has 1 heterocycles. The van der Waals surface area contributed by atoms with Gasteiger partial charge in [0.15, 0.2) is 0 Å². The first-order chi connectivity index (χ1) is 8.35. The molecule has 2 saturated carbocycles. The lowest BCUT2D eigenvalue weighted by atomic mass is 9.52. The summed E-state index contributed by atoms with van der Waals surface area (Å²) in [6.07, 6.45) is 4.87. The first-order valence-corrected chi connectivity index (χ1v) is 6.97. The van der Waals surface area contributed by atoms with Crippen LogP contribution in [-0.2, 0) is 9.53 Å². The van der Waals surface area contributed by atoms with Gasteiger partial charge in [-0.1, -0.05) is 19.9 Å². The Morgan fingerprint density at radius 3 is 2.78 bits per heavy atom. The molecule has 3 nitrogen and oxygen atoms in total. The standard InChI is InChI=1S/C15H22O3/c1-9-10-5-8-14(2)6-4-7-15(3,17)12(14)11(10)18-13(9)16/h10-12,17H,1,4-8H2,2-3H3/t10-,11-,12+,14+,15-/m0/s1. The molecule has 18 heavy (non-hydrogen) atoms. The Bertz CT molecular complexity index is 412. The van der Waals surface area contributed by atoms with Crippen LogP contribution in [0.15, 0.2) is 12.2 Å². The summed E-state index contributed by atoms with van der Waals surface area (Å²) in [7, 11) is 0. The van der Waals surface area contributed by atoms with Gasteiger partial charge in [-0.15, -0.1) is 0 Å². The molecule has 0 aromatic carbocycles. The minimum Gasteiger partial charge on any atom is -0.458 e. The van der Waals surface area contributed by atoms with Crippen LogP contribution in [0.2, 0.25) is 0 Å². The molecule has 3 rings (SSSR count). The van der Waals surface area contributed by atoms with Crippen LogP contribution in [0.3, 0.4) is 0 Å². The van der Waals surface area contributed by atoms with Crippen molar-refractivity contribution in [1.82, 2.24) is 0 Å². The number of hydrogen-bond donors (Lipinski definition) is 1. The van der Waals surface area contributed by atoms with E-state index in [1.165, 1.54) is 0 Å². The fourth-order valence-electron chi connectivity index (χ4n) is 4.70. The molecule has 0 amide bonds. The van der Waals surface area contributed by atoms with E-state index in [1.807, 2.05) is 6.92 Å². The van der Waals surface area contributed by atoms with Crippen LogP contribution in [0, 0.1) is 17.3 Å². The minimum atomic E-state index is -0.721. The molecule has 5 atom stereocenters. The Kier molecular flexibility index (Phi) is 2.44. The second-order valence-electron chi connectivity index (χ2n) is 6.88. The second kappa shape index (κ2) is 3.60. The van der Waals surface area contributed by atoms with E-state index in [9.17, 15) is 9.90 Å². The van der Waals surface area contributed by atoms with E-state index in [1.54, 1.807) is 0 Å². The Hall–Kier alpha value is -0.830. The molecule has 0 aromatic rings. The lowest BCUT2D eigenvalue weighted by molar-refractivity contribution is -0.181. The van der Waals surface area contributed by atoms with Gasteiger partial charge >= 0.3 is 5.97 Å². The van der Waals surface area contributed by atoms with Crippen molar-refractivity contribution in [3.63, 3.8) is 0 Å². The topological polar surface area (TPSA) is 46.5 Å². The Morgan fingerprint density at radius 1 is 1.33 bits per heavy atom. The van der Waals surface area contributed by atoms with Gasteiger partial charge in [0.25, 0.3) is 0 Å². The van der Waals surface area contributed by atoms with E-state index in [-0.39, 0.29) is 29.3 Å². The largest absolute Gasteiger partial charge is 0.458 e. The number of ether oxygens (including phenoxy) is 1. The molecule has 1 aliphatic heterocycles. The van der Waals surface area contributed by atoms with Crippen molar-refractivity contribution in [2.24, 2.45) is 17.3 Å². The van der Waals surface area contributed by atoms with Crippen LogP contribution >= 0.6 is 0 Å². The van der Waals surface area contributed by atoms with Crippen LogP contribution in [0.25, 0.3) is 0 Å². The molecular weight excluding hydrogens is 228 g/mol. The summed E-state index contributed by atoms with van der Waals surface area (Å²) in [5, 5.41) is 10.7. The molecule has 0 aromatic heterocycles. The maximum atomic E-state index is 11.7. The van der Waals surface area contributed by atoms with Gasteiger partial charge in [0.1, 0.15) is 6.10 Å². The van der Waals surface area contributed by atoms with E-state index < -0.39 is 5.60 Å². The van der Waals surface area contributed by atoms with E-state index in [0.29, 0.717) is 5.57 Å². The average molecular weight is 250 g/mol. The van der Waals surface area contributed by atoms with Gasteiger partial charge in [0, 0.05) is 17.4 Å². The summed E-state index contributed by atoms with van der Waals surface area (Å²) in [5.74, 6) is -0.0727. The predicted molar refractivity (Wildman–Crippen MR) is 67.8 cm³/mol. The van der Waals surface area contributed by atoms with E-state index in [2.05, 4.69) is 13.5 Å². The SMILES string of the molecule is C=C1C(=O)O[C@@H]2[C@@H]3[C@](C)(CCC[C@]3(C)O)CC[C@@H]12. The molecule has 3 fully saturated rings. The van der Waals surface area contributed by atoms with Crippen LogP contribution in [0.4, 0.5) is 0 Å². The number of fused-ring (bicyclic) bond motifs is 3. The molecule has 1 saturated heterocycles. The van der Waals surface area contributed by atoms with Gasteiger partial charge in [-0.25, -0.2) is 4.79 Å². The molecule has 0 radical (unpaired) electrons. The molecule has 0 spiro atoms. The Labute approximate surface area is 108 Å². The summed E-state index contributed by atoms with van der Waals surface area (Å²) in [4.78, 5) is 11.7. The average Bonchev–Trinajstić information content (AvgIpc) is 2.52. The minimum absolute atomic E-state index is 0.0562. The van der Waals surface area contributed by atoms with Crippen molar-refractivity contribution in [2.75, 3.05) is 0 Å². The van der Waals surface area contributed by atoms with Crippen molar-refractivity contribution >= 4 is 5.97 Å². The summed E-state index contributed by atoms with van der Waals surface area (Å²) in [6, 6.07) is 0. The highest BCUT2D eigenvalue weighted by Crippen LogP contribution is 2.58. The molecule has 3 aliphatic rings. The smallest absolute Gasteiger partial charge is 0.334 e. The number of aliphatic hydroxyl groups is 1. The monoisotopic (exact) mass is 250 g/mol. The summed E-state index contributed by atoms with van der Waals surface area (Å²) >= 11 is 0. The quantitative estimate of drug-likeness (QED) is 0.530. The lowest BCUT2D eigenvalue weighted by Gasteiger charge is -2.55. The first kappa shape index (κ1) is 12.2. The van der Waals surface area contributed by atoms with Gasteiger partial charge in [0.2, 0.25) is 0 Å². The highest BCUT2D eigenvalue weighted by Gasteiger charge is 2.60. The van der Waals surface area contributed by atoms with Gasteiger partial charge in [0.05, 0.1) is 5.60 Å². The van der Waals surface area contributed by atoms with Gasteiger partial charge in [-0.05, 0) is 38.0 Å². The number of carbonyl (C=O) groups is 1. The van der Waals surface area contributed by atoms with E-state index in [0.717, 1.165) is 32.1 Å². The molecule has 3 heteroatoms.